The van der Waals surface area contributed by atoms with Crippen molar-refractivity contribution in [1.29, 1.82) is 0 Å². The third-order valence-electron chi connectivity index (χ3n) is 3.15. The predicted octanol–water partition coefficient (Wildman–Crippen LogP) is 3.94. The number of rotatable bonds is 1. The third-order valence-corrected chi connectivity index (χ3v) is 3.38. The molecule has 0 bridgehead atoms. The van der Waals surface area contributed by atoms with Gasteiger partial charge in [-0.1, -0.05) is 17.7 Å². The average Bonchev–Trinajstić information content (AvgIpc) is 2.82. The minimum atomic E-state index is 0.824. The Labute approximate surface area is 105 Å². The lowest BCUT2D eigenvalue weighted by Gasteiger charge is -2.19. The maximum atomic E-state index is 6.03. The van der Waals surface area contributed by atoms with Crippen molar-refractivity contribution in [2.75, 3.05) is 0 Å². The Hall–Kier alpha value is -1.54. The molecule has 2 aromatic rings. The number of aryl methyl sites for hydroxylation is 1. The number of allylic oxidation sites excluding steroid dienone is 1. The van der Waals surface area contributed by atoms with Gasteiger partial charge in [0.25, 0.3) is 0 Å². The third kappa shape index (κ3) is 2.13. The fourth-order valence-electron chi connectivity index (χ4n) is 2.37. The number of benzene rings is 1. The zero-order valence-corrected chi connectivity index (χ0v) is 10.2. The highest BCUT2D eigenvalue weighted by Crippen LogP contribution is 2.33. The van der Waals surface area contributed by atoms with E-state index in [1.807, 2.05) is 12.3 Å². The maximum Gasteiger partial charge on any atom is 0.0927 e. The topological polar surface area (TPSA) is 28.7 Å². The van der Waals surface area contributed by atoms with Crippen LogP contribution in [0.25, 0.3) is 11.6 Å². The largest absolute Gasteiger partial charge is 0.351 e. The van der Waals surface area contributed by atoms with Crippen molar-refractivity contribution in [2.45, 2.75) is 19.3 Å². The fourth-order valence-corrected chi connectivity index (χ4v) is 2.56. The highest BCUT2D eigenvalue weighted by Gasteiger charge is 2.14. The average molecular weight is 245 g/mol. The number of hydrogen-bond donors (Lipinski definition) is 1. The van der Waals surface area contributed by atoms with Gasteiger partial charge in [0.2, 0.25) is 0 Å². The molecule has 1 aliphatic rings. The number of fused-ring (bicyclic) bond motifs is 1. The fraction of sp³-hybridized carbons (Fsp3) is 0.214. The maximum absolute atomic E-state index is 6.03. The Kier molecular flexibility index (Phi) is 2.73. The van der Waals surface area contributed by atoms with Crippen LogP contribution in [-0.4, -0.2) is 9.97 Å². The number of nitrogens with one attached hydrogen (secondary N) is 1. The lowest BCUT2D eigenvalue weighted by Crippen LogP contribution is -2.01. The zero-order valence-electron chi connectivity index (χ0n) is 9.41. The molecule has 0 saturated carbocycles. The van der Waals surface area contributed by atoms with Crippen LogP contribution < -0.4 is 0 Å². The van der Waals surface area contributed by atoms with Gasteiger partial charge < -0.3 is 4.98 Å². The summed E-state index contributed by atoms with van der Waals surface area (Å²) in [7, 11) is 0. The van der Waals surface area contributed by atoms with Gasteiger partial charge >= 0.3 is 0 Å². The Morgan fingerprint density at radius 2 is 2.24 bits per heavy atom. The Bertz CT molecular complexity index is 556. The molecule has 0 radical (unpaired) electrons. The Balaban J connectivity index is 2.05. The van der Waals surface area contributed by atoms with E-state index in [0.717, 1.165) is 23.6 Å². The summed E-state index contributed by atoms with van der Waals surface area (Å²) in [6.45, 7) is 0. The molecule has 0 aliphatic heterocycles. The lowest BCUT2D eigenvalue weighted by molar-refractivity contribution is 0.824. The van der Waals surface area contributed by atoms with E-state index in [9.17, 15) is 0 Å². The molecule has 0 spiro atoms. The molecule has 1 aliphatic carbocycles. The van der Waals surface area contributed by atoms with E-state index in [1.54, 1.807) is 6.33 Å². The van der Waals surface area contributed by atoms with Gasteiger partial charge in [0.1, 0.15) is 0 Å². The molecule has 1 aromatic heterocycles. The first kappa shape index (κ1) is 10.6. The van der Waals surface area contributed by atoms with Gasteiger partial charge in [-0.2, -0.15) is 0 Å². The number of hydrogen-bond acceptors (Lipinski definition) is 1. The normalized spacial score (nSPS) is 17.1. The minimum Gasteiger partial charge on any atom is -0.351 e. The summed E-state index contributed by atoms with van der Waals surface area (Å²) < 4.78 is 0. The van der Waals surface area contributed by atoms with Crippen LogP contribution >= 0.6 is 11.6 Å². The SMILES string of the molecule is Clc1ccc2c(c1)CCC/C2=C\c1c[nH]cn1. The van der Waals surface area contributed by atoms with Gasteiger partial charge in [-0.25, -0.2) is 4.98 Å². The molecule has 0 saturated heterocycles. The van der Waals surface area contributed by atoms with Gasteiger partial charge in [0, 0.05) is 11.2 Å². The van der Waals surface area contributed by atoms with Gasteiger partial charge in [0.15, 0.2) is 0 Å². The smallest absolute Gasteiger partial charge is 0.0927 e. The second kappa shape index (κ2) is 4.38. The van der Waals surface area contributed by atoms with E-state index < -0.39 is 0 Å². The lowest BCUT2D eigenvalue weighted by atomic mass is 9.87. The summed E-state index contributed by atoms with van der Waals surface area (Å²) in [5, 5.41) is 0.824. The molecule has 3 heteroatoms. The molecule has 0 amide bonds. The molecule has 0 fully saturated rings. The first-order valence-electron chi connectivity index (χ1n) is 5.81. The van der Waals surface area contributed by atoms with Crippen LogP contribution in [0.2, 0.25) is 5.02 Å². The van der Waals surface area contributed by atoms with Crippen LogP contribution in [0, 0.1) is 0 Å². The minimum absolute atomic E-state index is 0.824. The molecule has 0 atom stereocenters. The molecule has 86 valence electrons. The molecular formula is C14H13ClN2. The first-order valence-corrected chi connectivity index (χ1v) is 6.19. The Morgan fingerprint density at radius 3 is 3.06 bits per heavy atom. The summed E-state index contributed by atoms with van der Waals surface area (Å²) in [4.78, 5) is 7.22. The van der Waals surface area contributed by atoms with E-state index in [2.05, 4.69) is 28.2 Å². The van der Waals surface area contributed by atoms with Gasteiger partial charge in [-0.3, -0.25) is 0 Å². The number of imidazole rings is 1. The van der Waals surface area contributed by atoms with Crippen molar-refractivity contribution >= 4 is 23.3 Å². The second-order valence-electron chi connectivity index (χ2n) is 4.32. The first-order chi connectivity index (χ1) is 8.33. The van der Waals surface area contributed by atoms with Crippen LogP contribution in [0.5, 0.6) is 0 Å². The molecule has 0 unspecified atom stereocenters. The van der Waals surface area contributed by atoms with Crippen molar-refractivity contribution in [3.8, 4) is 0 Å². The van der Waals surface area contributed by atoms with E-state index in [1.165, 1.54) is 23.1 Å². The van der Waals surface area contributed by atoms with Gasteiger partial charge in [0.05, 0.1) is 12.0 Å². The van der Waals surface area contributed by atoms with Crippen molar-refractivity contribution in [2.24, 2.45) is 0 Å². The van der Waals surface area contributed by atoms with Gasteiger partial charge in [-0.05, 0) is 54.2 Å². The van der Waals surface area contributed by atoms with Gasteiger partial charge in [-0.15, -0.1) is 0 Å². The molecule has 1 N–H and O–H groups in total. The van der Waals surface area contributed by atoms with Crippen LogP contribution in [-0.2, 0) is 6.42 Å². The van der Waals surface area contributed by atoms with E-state index in [-0.39, 0.29) is 0 Å². The van der Waals surface area contributed by atoms with Crippen molar-refractivity contribution < 1.29 is 0 Å². The van der Waals surface area contributed by atoms with Crippen molar-refractivity contribution in [3.63, 3.8) is 0 Å². The van der Waals surface area contributed by atoms with Crippen LogP contribution in [0.3, 0.4) is 0 Å². The highest BCUT2D eigenvalue weighted by atomic mass is 35.5. The molecular weight excluding hydrogens is 232 g/mol. The van der Waals surface area contributed by atoms with Crippen LogP contribution in [0.1, 0.15) is 29.7 Å². The van der Waals surface area contributed by atoms with Crippen molar-refractivity contribution in [3.05, 3.63) is 52.6 Å². The Morgan fingerprint density at radius 1 is 1.29 bits per heavy atom. The van der Waals surface area contributed by atoms with Crippen LogP contribution in [0.4, 0.5) is 0 Å². The summed E-state index contributed by atoms with van der Waals surface area (Å²) in [6.07, 6.45) is 9.19. The van der Waals surface area contributed by atoms with Crippen LogP contribution in [0.15, 0.2) is 30.7 Å². The molecule has 1 heterocycles. The molecule has 17 heavy (non-hydrogen) atoms. The number of nitrogens with zero attached hydrogens (tertiary/aromatic N) is 1. The second-order valence-corrected chi connectivity index (χ2v) is 4.76. The highest BCUT2D eigenvalue weighted by molar-refractivity contribution is 6.30. The number of aromatic nitrogens is 2. The molecule has 3 rings (SSSR count). The standard InChI is InChI=1S/C14H13ClN2/c15-12-4-5-14-10(6-12)2-1-3-11(14)7-13-8-16-9-17-13/h4-9H,1-3H2,(H,16,17)/b11-7+. The van der Waals surface area contributed by atoms with E-state index >= 15 is 0 Å². The summed E-state index contributed by atoms with van der Waals surface area (Å²) in [6, 6.07) is 6.16. The monoisotopic (exact) mass is 244 g/mol. The van der Waals surface area contributed by atoms with Crippen molar-refractivity contribution in [1.82, 2.24) is 9.97 Å². The number of halogens is 1. The molecule has 2 nitrogen and oxygen atoms in total. The number of H-pyrrole nitrogens is 1. The summed E-state index contributed by atoms with van der Waals surface area (Å²) in [5.74, 6) is 0. The zero-order chi connectivity index (χ0) is 11.7. The summed E-state index contributed by atoms with van der Waals surface area (Å²) >= 11 is 6.03. The quantitative estimate of drug-likeness (QED) is 0.809. The van der Waals surface area contributed by atoms with E-state index in [0.29, 0.717) is 0 Å². The summed E-state index contributed by atoms with van der Waals surface area (Å²) in [5.41, 5.74) is 5.02. The predicted molar refractivity (Wildman–Crippen MR) is 70.8 cm³/mol. The molecule has 1 aromatic carbocycles. The number of aromatic amines is 1. The van der Waals surface area contributed by atoms with E-state index in [4.69, 9.17) is 11.6 Å².